The van der Waals surface area contributed by atoms with Crippen molar-refractivity contribution < 1.29 is 17.6 Å². The molecule has 1 aromatic heterocycles. The van der Waals surface area contributed by atoms with Gasteiger partial charge in [-0.3, -0.25) is 4.79 Å². The van der Waals surface area contributed by atoms with E-state index in [-0.39, 0.29) is 17.5 Å². The summed E-state index contributed by atoms with van der Waals surface area (Å²) in [5.41, 5.74) is 0.844. The van der Waals surface area contributed by atoms with E-state index in [1.807, 2.05) is 0 Å². The monoisotopic (exact) mass is 429 g/mol. The van der Waals surface area contributed by atoms with Crippen molar-refractivity contribution >= 4 is 44.2 Å². The average molecular weight is 430 g/mol. The maximum absolute atomic E-state index is 12.9. The zero-order valence-electron chi connectivity index (χ0n) is 14.9. The number of halogens is 1. The van der Waals surface area contributed by atoms with Gasteiger partial charge in [-0.05, 0) is 38.1 Å². The third-order valence-electron chi connectivity index (χ3n) is 4.08. The quantitative estimate of drug-likeness (QED) is 0.714. The number of hydrogen-bond acceptors (Lipinski definition) is 6. The van der Waals surface area contributed by atoms with Crippen molar-refractivity contribution in [2.45, 2.75) is 37.0 Å². The van der Waals surface area contributed by atoms with Crippen LogP contribution >= 0.6 is 23.1 Å². The molecule has 0 fully saturated rings. The highest BCUT2D eigenvalue weighted by atomic mass is 32.2. The van der Waals surface area contributed by atoms with Crippen molar-refractivity contribution in [3.05, 3.63) is 40.7 Å². The zero-order valence-corrected chi connectivity index (χ0v) is 17.4. The van der Waals surface area contributed by atoms with Gasteiger partial charge in [0.05, 0.1) is 16.7 Å². The first-order valence-corrected chi connectivity index (χ1v) is 11.7. The van der Waals surface area contributed by atoms with Crippen molar-refractivity contribution in [3.63, 3.8) is 0 Å². The number of fused-ring (bicyclic) bond motifs is 1. The number of amides is 1. The summed E-state index contributed by atoms with van der Waals surface area (Å²) in [6.45, 7) is 4.04. The fourth-order valence-corrected chi connectivity index (χ4v) is 5.65. The Balaban J connectivity index is 1.59. The predicted molar refractivity (Wildman–Crippen MR) is 106 cm³/mol. The van der Waals surface area contributed by atoms with Crippen molar-refractivity contribution in [3.8, 4) is 0 Å². The summed E-state index contributed by atoms with van der Waals surface area (Å²) < 4.78 is 39.0. The first kappa shape index (κ1) is 20.2. The van der Waals surface area contributed by atoms with E-state index in [0.717, 1.165) is 15.5 Å². The second-order valence-corrected chi connectivity index (χ2v) is 11.0. The fourth-order valence-electron chi connectivity index (χ4n) is 2.58. The van der Waals surface area contributed by atoms with Gasteiger partial charge in [-0.2, -0.15) is 4.31 Å². The Morgan fingerprint density at radius 1 is 1.37 bits per heavy atom. The first-order chi connectivity index (χ1) is 12.8. The van der Waals surface area contributed by atoms with Crippen LogP contribution in [0.5, 0.6) is 0 Å². The Bertz CT molecular complexity index is 927. The van der Waals surface area contributed by atoms with Crippen molar-refractivity contribution in [2.75, 3.05) is 17.6 Å². The largest absolute Gasteiger partial charge is 0.301 e. The molecule has 0 aliphatic carbocycles. The molecule has 27 heavy (non-hydrogen) atoms. The number of carbonyl (C=O) groups excluding carboxylic acids is 1. The number of thioether (sulfide) groups is 1. The molecule has 0 saturated carbocycles. The van der Waals surface area contributed by atoms with Crippen LogP contribution in [0.1, 0.15) is 24.4 Å². The molecular weight excluding hydrogens is 409 g/mol. The van der Waals surface area contributed by atoms with E-state index in [1.165, 1.54) is 39.5 Å². The summed E-state index contributed by atoms with van der Waals surface area (Å²) >= 11 is 2.62. The molecule has 2 aromatic rings. The molecule has 2 heterocycles. The number of aromatic nitrogens is 1. The molecule has 0 atom stereocenters. The number of thiazole rings is 1. The van der Waals surface area contributed by atoms with E-state index in [4.69, 9.17) is 0 Å². The Labute approximate surface area is 166 Å². The number of carbonyl (C=O) groups is 1. The molecule has 1 aromatic carbocycles. The van der Waals surface area contributed by atoms with Gasteiger partial charge in [-0.15, -0.1) is 23.1 Å². The molecule has 3 rings (SSSR count). The Morgan fingerprint density at radius 2 is 2.07 bits per heavy atom. The molecule has 1 aliphatic heterocycles. The van der Waals surface area contributed by atoms with Gasteiger partial charge >= 0.3 is 0 Å². The van der Waals surface area contributed by atoms with Gasteiger partial charge in [0, 0.05) is 29.3 Å². The van der Waals surface area contributed by atoms with Gasteiger partial charge in [0.2, 0.25) is 15.9 Å². The summed E-state index contributed by atoms with van der Waals surface area (Å²) in [5.74, 6) is -0.336. The van der Waals surface area contributed by atoms with Crippen molar-refractivity contribution in [2.24, 2.45) is 0 Å². The van der Waals surface area contributed by atoms with Gasteiger partial charge < -0.3 is 5.32 Å². The van der Waals surface area contributed by atoms with Crippen LogP contribution < -0.4 is 5.32 Å². The molecular formula is C17H20FN3O3S3. The predicted octanol–water partition coefficient (Wildman–Crippen LogP) is 3.11. The normalized spacial score (nSPS) is 15.0. The first-order valence-electron chi connectivity index (χ1n) is 8.41. The van der Waals surface area contributed by atoms with Gasteiger partial charge in [0.25, 0.3) is 0 Å². The minimum atomic E-state index is -3.30. The van der Waals surface area contributed by atoms with Gasteiger partial charge in [0.15, 0.2) is 5.13 Å². The molecule has 0 bridgehead atoms. The van der Waals surface area contributed by atoms with Crippen LogP contribution in [0, 0.1) is 5.82 Å². The van der Waals surface area contributed by atoms with Crippen LogP contribution in [0.4, 0.5) is 9.52 Å². The lowest BCUT2D eigenvalue weighted by atomic mass is 10.2. The number of sulfonamides is 1. The smallest absolute Gasteiger partial charge is 0.236 e. The molecule has 1 aliphatic rings. The maximum Gasteiger partial charge on any atom is 0.236 e. The standard InChI is InChI=1S/C17H20FN3O3S3/c1-11(2)27(23,24)21-8-7-14-15(9-21)26-17(19-14)20-16(22)10-25-13-5-3-12(18)4-6-13/h3-6,11H,7-10H2,1-2H3,(H,19,20,22). The van der Waals surface area contributed by atoms with Crippen LogP contribution in [0.15, 0.2) is 29.2 Å². The highest BCUT2D eigenvalue weighted by molar-refractivity contribution is 8.00. The summed E-state index contributed by atoms with van der Waals surface area (Å²) in [5, 5.41) is 2.78. The highest BCUT2D eigenvalue weighted by Gasteiger charge is 2.31. The van der Waals surface area contributed by atoms with Crippen LogP contribution in [0.2, 0.25) is 0 Å². The minimum Gasteiger partial charge on any atom is -0.301 e. The molecule has 6 nitrogen and oxygen atoms in total. The number of anilines is 1. The van der Waals surface area contributed by atoms with E-state index < -0.39 is 15.3 Å². The van der Waals surface area contributed by atoms with Crippen LogP contribution in [-0.2, 0) is 27.8 Å². The molecule has 0 unspecified atom stereocenters. The number of benzene rings is 1. The average Bonchev–Trinajstić information content (AvgIpc) is 3.02. The molecule has 1 N–H and O–H groups in total. The van der Waals surface area contributed by atoms with Gasteiger partial charge in [0.1, 0.15) is 5.82 Å². The third kappa shape index (κ3) is 4.87. The third-order valence-corrected chi connectivity index (χ3v) is 8.31. The van der Waals surface area contributed by atoms with Gasteiger partial charge in [-0.1, -0.05) is 0 Å². The van der Waals surface area contributed by atoms with E-state index >= 15 is 0 Å². The van der Waals surface area contributed by atoms with Crippen LogP contribution in [0.3, 0.4) is 0 Å². The molecule has 0 saturated heterocycles. The number of nitrogens with one attached hydrogen (secondary N) is 1. The maximum atomic E-state index is 12.9. The summed E-state index contributed by atoms with van der Waals surface area (Å²) in [6.07, 6.45) is 0.540. The van der Waals surface area contributed by atoms with E-state index in [2.05, 4.69) is 10.3 Å². The van der Waals surface area contributed by atoms with Crippen LogP contribution in [-0.4, -0.2) is 41.2 Å². The second kappa shape index (κ2) is 8.26. The lowest BCUT2D eigenvalue weighted by Crippen LogP contribution is -2.39. The van der Waals surface area contributed by atoms with Gasteiger partial charge in [-0.25, -0.2) is 17.8 Å². The summed E-state index contributed by atoms with van der Waals surface area (Å²) in [7, 11) is -3.30. The molecule has 1 amide bonds. The van der Waals surface area contributed by atoms with E-state index in [9.17, 15) is 17.6 Å². The number of rotatable bonds is 6. The highest BCUT2D eigenvalue weighted by Crippen LogP contribution is 2.30. The van der Waals surface area contributed by atoms with E-state index in [1.54, 1.807) is 26.0 Å². The fraction of sp³-hybridized carbons (Fsp3) is 0.412. The Kier molecular flexibility index (Phi) is 6.19. The lowest BCUT2D eigenvalue weighted by molar-refractivity contribution is -0.113. The zero-order chi connectivity index (χ0) is 19.6. The molecule has 0 spiro atoms. The lowest BCUT2D eigenvalue weighted by Gasteiger charge is -2.26. The Hall–Kier alpha value is -1.49. The molecule has 146 valence electrons. The number of hydrogen-bond donors (Lipinski definition) is 1. The topological polar surface area (TPSA) is 79.4 Å². The number of nitrogens with zero attached hydrogens (tertiary/aromatic N) is 2. The Morgan fingerprint density at radius 3 is 2.74 bits per heavy atom. The molecule has 10 heteroatoms. The minimum absolute atomic E-state index is 0.184. The van der Waals surface area contributed by atoms with Crippen molar-refractivity contribution in [1.82, 2.24) is 9.29 Å². The van der Waals surface area contributed by atoms with Crippen molar-refractivity contribution in [1.29, 1.82) is 0 Å². The van der Waals surface area contributed by atoms with E-state index in [0.29, 0.717) is 24.6 Å². The summed E-state index contributed by atoms with van der Waals surface area (Å²) in [4.78, 5) is 18.2. The summed E-state index contributed by atoms with van der Waals surface area (Å²) in [6, 6.07) is 5.95. The SMILES string of the molecule is CC(C)S(=O)(=O)N1CCc2nc(NC(=O)CSc3ccc(F)cc3)sc2C1. The molecule has 0 radical (unpaired) electrons. The second-order valence-electron chi connectivity index (χ2n) is 6.36. The van der Waals surface area contributed by atoms with Crippen LogP contribution in [0.25, 0.3) is 0 Å².